The monoisotopic (exact) mass is 555 g/mol. The molecule has 2 atom stereocenters. The highest BCUT2D eigenvalue weighted by Gasteiger charge is 2.41. The Hall–Kier alpha value is -4.04. The SMILES string of the molecule is Cc1cc(C)c(-n2c(C)cc([C@@H]3[C@@H](c4ccccn4)NC(=S)N3CCC(=O)Nc3ccc(F)cc3)c2C)c(C)c1. The first-order chi connectivity index (χ1) is 19.1. The van der Waals surface area contributed by atoms with Crippen molar-refractivity contribution in [1.29, 1.82) is 0 Å². The van der Waals surface area contributed by atoms with Gasteiger partial charge in [-0.25, -0.2) is 4.39 Å². The van der Waals surface area contributed by atoms with Crippen molar-refractivity contribution >= 4 is 28.9 Å². The molecule has 8 heteroatoms. The summed E-state index contributed by atoms with van der Waals surface area (Å²) in [5, 5.41) is 6.93. The van der Waals surface area contributed by atoms with Gasteiger partial charge in [-0.1, -0.05) is 23.8 Å². The Labute approximate surface area is 240 Å². The van der Waals surface area contributed by atoms with Crippen molar-refractivity contribution in [2.24, 2.45) is 0 Å². The van der Waals surface area contributed by atoms with Gasteiger partial charge in [-0.05, 0) is 106 Å². The van der Waals surface area contributed by atoms with E-state index in [1.165, 1.54) is 34.5 Å². The lowest BCUT2D eigenvalue weighted by molar-refractivity contribution is -0.116. The van der Waals surface area contributed by atoms with Gasteiger partial charge in [-0.2, -0.15) is 0 Å². The third-order valence-electron chi connectivity index (χ3n) is 7.55. The Kier molecular flexibility index (Phi) is 7.72. The van der Waals surface area contributed by atoms with Crippen molar-refractivity contribution in [3.05, 3.63) is 112 Å². The van der Waals surface area contributed by atoms with Gasteiger partial charge >= 0.3 is 0 Å². The zero-order valence-electron chi connectivity index (χ0n) is 23.5. The molecule has 0 spiro atoms. The molecule has 2 aromatic heterocycles. The number of rotatable bonds is 7. The summed E-state index contributed by atoms with van der Waals surface area (Å²) in [7, 11) is 0. The Morgan fingerprint density at radius 3 is 2.38 bits per heavy atom. The number of carbonyl (C=O) groups is 1. The molecular weight excluding hydrogens is 521 g/mol. The van der Waals surface area contributed by atoms with Gasteiger partial charge in [0.25, 0.3) is 0 Å². The van der Waals surface area contributed by atoms with Gasteiger partial charge in [-0.3, -0.25) is 9.78 Å². The summed E-state index contributed by atoms with van der Waals surface area (Å²) in [5.74, 6) is -0.505. The normalized spacial score (nSPS) is 16.8. The van der Waals surface area contributed by atoms with Gasteiger partial charge in [0.1, 0.15) is 5.82 Å². The summed E-state index contributed by atoms with van der Waals surface area (Å²) in [4.78, 5) is 19.6. The molecule has 1 saturated heterocycles. The van der Waals surface area contributed by atoms with Crippen LogP contribution in [0.5, 0.6) is 0 Å². The molecule has 5 rings (SSSR count). The molecule has 2 N–H and O–H groups in total. The van der Waals surface area contributed by atoms with E-state index in [0.29, 0.717) is 17.3 Å². The van der Waals surface area contributed by atoms with E-state index in [2.05, 4.69) is 77.9 Å². The van der Waals surface area contributed by atoms with Gasteiger partial charge in [0.15, 0.2) is 5.11 Å². The minimum atomic E-state index is -0.344. The number of nitrogens with zero attached hydrogens (tertiary/aromatic N) is 3. The number of aryl methyl sites for hydroxylation is 4. The van der Waals surface area contributed by atoms with Gasteiger partial charge in [0, 0.05) is 36.2 Å². The van der Waals surface area contributed by atoms with Crippen LogP contribution in [0.1, 0.15) is 57.8 Å². The summed E-state index contributed by atoms with van der Waals surface area (Å²) in [6.07, 6.45) is 2.01. The maximum Gasteiger partial charge on any atom is 0.226 e. The number of thiocarbonyl (C=S) groups is 1. The molecule has 1 aliphatic heterocycles. The minimum Gasteiger partial charge on any atom is -0.352 e. The molecule has 206 valence electrons. The van der Waals surface area contributed by atoms with Crippen LogP contribution in [-0.4, -0.2) is 32.0 Å². The van der Waals surface area contributed by atoms with E-state index in [0.717, 1.165) is 22.6 Å². The first-order valence-electron chi connectivity index (χ1n) is 13.4. The lowest BCUT2D eigenvalue weighted by atomic mass is 9.96. The predicted octanol–water partition coefficient (Wildman–Crippen LogP) is 6.55. The average Bonchev–Trinajstić information content (AvgIpc) is 3.39. The average molecular weight is 556 g/mol. The number of amides is 1. The van der Waals surface area contributed by atoms with E-state index >= 15 is 0 Å². The van der Waals surface area contributed by atoms with E-state index in [-0.39, 0.29) is 30.2 Å². The number of benzene rings is 2. The molecule has 4 aromatic rings. The number of hydrogen-bond acceptors (Lipinski definition) is 3. The second kappa shape index (κ2) is 11.2. The van der Waals surface area contributed by atoms with Crippen molar-refractivity contribution in [3.63, 3.8) is 0 Å². The van der Waals surface area contributed by atoms with Crippen LogP contribution in [-0.2, 0) is 4.79 Å². The highest BCUT2D eigenvalue weighted by atomic mass is 32.1. The Balaban J connectivity index is 1.50. The number of halogens is 1. The molecule has 2 aromatic carbocycles. The molecular formula is C32H34FN5OS. The molecule has 6 nitrogen and oxygen atoms in total. The van der Waals surface area contributed by atoms with Crippen molar-refractivity contribution in [1.82, 2.24) is 19.8 Å². The lowest BCUT2D eigenvalue weighted by Crippen LogP contribution is -2.32. The van der Waals surface area contributed by atoms with Gasteiger partial charge in [0.05, 0.1) is 23.5 Å². The number of carbonyl (C=O) groups excluding carboxylic acids is 1. The topological polar surface area (TPSA) is 62.2 Å². The smallest absolute Gasteiger partial charge is 0.226 e. The Morgan fingerprint density at radius 1 is 1.02 bits per heavy atom. The van der Waals surface area contributed by atoms with E-state index in [4.69, 9.17) is 12.2 Å². The quantitative estimate of drug-likeness (QED) is 0.253. The summed E-state index contributed by atoms with van der Waals surface area (Å²) < 4.78 is 15.6. The first-order valence-corrected chi connectivity index (χ1v) is 13.9. The third-order valence-corrected chi connectivity index (χ3v) is 7.91. The molecule has 0 aliphatic carbocycles. The fourth-order valence-electron chi connectivity index (χ4n) is 5.92. The second-order valence-electron chi connectivity index (χ2n) is 10.5. The van der Waals surface area contributed by atoms with Gasteiger partial charge in [0.2, 0.25) is 5.91 Å². The summed E-state index contributed by atoms with van der Waals surface area (Å²) in [6.45, 7) is 11.1. The first kappa shape index (κ1) is 27.5. The minimum absolute atomic E-state index is 0.160. The van der Waals surface area contributed by atoms with Crippen LogP contribution in [0.3, 0.4) is 0 Å². The standard InChI is InChI=1S/C32H34FN5OS/c1-19-16-20(2)30(21(3)17-19)38-22(4)18-26(23(38)5)31-29(27-8-6-7-14-34-27)36-32(40)37(31)15-13-28(39)35-25-11-9-24(33)10-12-25/h6-12,14,16-18,29,31H,13,15H2,1-5H3,(H,35,39)(H,36,40)/t29-,31-/m1/s1. The van der Waals surface area contributed by atoms with Crippen LogP contribution in [0.25, 0.3) is 5.69 Å². The van der Waals surface area contributed by atoms with Crippen LogP contribution in [0.15, 0.2) is 66.9 Å². The van der Waals surface area contributed by atoms with Crippen LogP contribution in [0.2, 0.25) is 0 Å². The molecule has 0 unspecified atom stereocenters. The Bertz CT molecular complexity index is 1540. The van der Waals surface area contributed by atoms with Crippen LogP contribution < -0.4 is 10.6 Å². The fraction of sp³-hybridized carbons (Fsp3) is 0.281. The van der Waals surface area contributed by atoms with Crippen molar-refractivity contribution in [2.45, 2.75) is 53.1 Å². The maximum absolute atomic E-state index is 13.3. The van der Waals surface area contributed by atoms with Crippen molar-refractivity contribution in [3.8, 4) is 5.69 Å². The molecule has 0 saturated carbocycles. The van der Waals surface area contributed by atoms with Gasteiger partial charge < -0.3 is 20.1 Å². The number of anilines is 1. The van der Waals surface area contributed by atoms with E-state index < -0.39 is 0 Å². The molecule has 3 heterocycles. The van der Waals surface area contributed by atoms with Crippen LogP contribution >= 0.6 is 12.2 Å². The largest absolute Gasteiger partial charge is 0.352 e. The molecule has 1 fully saturated rings. The zero-order valence-corrected chi connectivity index (χ0v) is 24.3. The van der Waals surface area contributed by atoms with Gasteiger partial charge in [-0.15, -0.1) is 0 Å². The van der Waals surface area contributed by atoms with Crippen molar-refractivity contribution in [2.75, 3.05) is 11.9 Å². The third kappa shape index (κ3) is 5.36. The highest BCUT2D eigenvalue weighted by Crippen LogP contribution is 2.42. The molecule has 0 radical (unpaired) electrons. The lowest BCUT2D eigenvalue weighted by Gasteiger charge is -2.28. The summed E-state index contributed by atoms with van der Waals surface area (Å²) in [6, 6.07) is 18.0. The maximum atomic E-state index is 13.3. The summed E-state index contributed by atoms with van der Waals surface area (Å²) in [5.41, 5.74) is 9.73. The van der Waals surface area contributed by atoms with E-state index in [9.17, 15) is 9.18 Å². The molecule has 1 amide bonds. The fourth-order valence-corrected chi connectivity index (χ4v) is 6.25. The molecule has 0 bridgehead atoms. The van der Waals surface area contributed by atoms with Crippen molar-refractivity contribution < 1.29 is 9.18 Å². The van der Waals surface area contributed by atoms with Crippen LogP contribution in [0, 0.1) is 40.4 Å². The number of pyridine rings is 1. The number of nitrogens with one attached hydrogen (secondary N) is 2. The number of aromatic nitrogens is 2. The summed E-state index contributed by atoms with van der Waals surface area (Å²) >= 11 is 5.83. The Morgan fingerprint density at radius 2 is 1.73 bits per heavy atom. The van der Waals surface area contributed by atoms with Crippen LogP contribution in [0.4, 0.5) is 10.1 Å². The zero-order chi connectivity index (χ0) is 28.6. The molecule has 1 aliphatic rings. The highest BCUT2D eigenvalue weighted by molar-refractivity contribution is 7.80. The van der Waals surface area contributed by atoms with E-state index in [1.807, 2.05) is 18.2 Å². The predicted molar refractivity (Wildman–Crippen MR) is 161 cm³/mol. The molecule has 40 heavy (non-hydrogen) atoms. The number of hydrogen-bond donors (Lipinski definition) is 2. The second-order valence-corrected chi connectivity index (χ2v) is 10.9. The van der Waals surface area contributed by atoms with E-state index in [1.54, 1.807) is 18.3 Å².